The lowest BCUT2D eigenvalue weighted by Gasteiger charge is -2.24. The van der Waals surface area contributed by atoms with Crippen molar-refractivity contribution in [3.8, 4) is 0 Å². The van der Waals surface area contributed by atoms with Crippen molar-refractivity contribution < 1.29 is 22.7 Å². The van der Waals surface area contributed by atoms with Crippen molar-refractivity contribution in [2.45, 2.75) is 6.54 Å². The van der Waals surface area contributed by atoms with Crippen molar-refractivity contribution in [3.63, 3.8) is 0 Å². The van der Waals surface area contributed by atoms with Crippen LogP contribution >= 0.6 is 11.6 Å². The number of carbonyl (C=O) groups is 1. The topological polar surface area (TPSA) is 77.9 Å². The zero-order valence-electron chi connectivity index (χ0n) is 13.1. The lowest BCUT2D eigenvalue weighted by molar-refractivity contribution is -0.148. The summed E-state index contributed by atoms with van der Waals surface area (Å²) in [7, 11) is -3.42. The molecule has 0 spiro atoms. The van der Waals surface area contributed by atoms with E-state index in [-0.39, 0.29) is 30.6 Å². The number of benzene rings is 1. The molecule has 2 fully saturated rings. The van der Waals surface area contributed by atoms with Crippen molar-refractivity contribution in [3.05, 3.63) is 34.6 Å². The van der Waals surface area contributed by atoms with Gasteiger partial charge in [0.25, 0.3) is 0 Å². The molecule has 6 nitrogen and oxygen atoms in total. The molecule has 2 aliphatic rings. The van der Waals surface area contributed by atoms with Gasteiger partial charge in [-0.25, -0.2) is 17.1 Å². The maximum atomic E-state index is 13.6. The monoisotopic (exact) mass is 376 g/mol. The molecule has 0 unspecified atom stereocenters. The maximum absolute atomic E-state index is 13.6. The number of rotatable bonds is 4. The summed E-state index contributed by atoms with van der Waals surface area (Å²) in [5, 5.41) is 9.74. The Morgan fingerprint density at radius 1 is 1.42 bits per heavy atom. The van der Waals surface area contributed by atoms with Crippen molar-refractivity contribution in [1.29, 1.82) is 0 Å². The van der Waals surface area contributed by atoms with Gasteiger partial charge in [-0.15, -0.1) is 0 Å². The van der Waals surface area contributed by atoms with E-state index in [0.29, 0.717) is 18.7 Å². The predicted molar refractivity (Wildman–Crippen MR) is 86.7 cm³/mol. The molecule has 0 saturated carbocycles. The number of nitrogens with zero attached hydrogens (tertiary/aromatic N) is 2. The van der Waals surface area contributed by atoms with Gasteiger partial charge >= 0.3 is 5.97 Å². The molecule has 2 atom stereocenters. The first kappa shape index (κ1) is 17.6. The predicted octanol–water partition coefficient (Wildman–Crippen LogP) is 1.26. The third-order valence-corrected chi connectivity index (χ3v) is 6.46. The molecule has 1 aromatic carbocycles. The maximum Gasteiger partial charge on any atom is 0.312 e. The smallest absolute Gasteiger partial charge is 0.312 e. The third-order valence-electron chi connectivity index (χ3n) is 4.93. The van der Waals surface area contributed by atoms with Gasteiger partial charge in [0.15, 0.2) is 0 Å². The minimum atomic E-state index is -3.42. The quantitative estimate of drug-likeness (QED) is 0.855. The molecule has 2 saturated heterocycles. The first-order valence-corrected chi connectivity index (χ1v) is 9.69. The van der Waals surface area contributed by atoms with Crippen LogP contribution in [0.15, 0.2) is 18.2 Å². The van der Waals surface area contributed by atoms with E-state index >= 15 is 0 Å². The van der Waals surface area contributed by atoms with Crippen LogP contribution in [0.1, 0.15) is 5.56 Å². The molecule has 2 heterocycles. The summed E-state index contributed by atoms with van der Waals surface area (Å²) in [5.41, 5.74) is -0.397. The van der Waals surface area contributed by atoms with Gasteiger partial charge in [-0.05, 0) is 17.7 Å². The van der Waals surface area contributed by atoms with Crippen LogP contribution in [-0.4, -0.2) is 61.1 Å². The molecule has 2 aliphatic heterocycles. The lowest BCUT2D eigenvalue weighted by Crippen LogP contribution is -2.41. The molecule has 24 heavy (non-hydrogen) atoms. The van der Waals surface area contributed by atoms with E-state index < -0.39 is 27.2 Å². The Morgan fingerprint density at radius 2 is 2.12 bits per heavy atom. The molecule has 0 aromatic heterocycles. The van der Waals surface area contributed by atoms with E-state index in [2.05, 4.69) is 0 Å². The first-order valence-electron chi connectivity index (χ1n) is 7.46. The van der Waals surface area contributed by atoms with E-state index in [9.17, 15) is 22.7 Å². The number of fused-ring (bicyclic) bond motifs is 1. The fraction of sp³-hybridized carbons (Fsp3) is 0.533. The number of sulfonamides is 1. The summed E-state index contributed by atoms with van der Waals surface area (Å²) in [4.78, 5) is 13.8. The largest absolute Gasteiger partial charge is 0.481 e. The van der Waals surface area contributed by atoms with Gasteiger partial charge in [0, 0.05) is 38.6 Å². The Morgan fingerprint density at radius 3 is 2.67 bits per heavy atom. The fourth-order valence-corrected chi connectivity index (χ4v) is 4.73. The zero-order chi connectivity index (χ0) is 17.7. The Hall–Kier alpha value is -1.22. The van der Waals surface area contributed by atoms with Gasteiger partial charge in [0.05, 0.1) is 16.7 Å². The van der Waals surface area contributed by atoms with Gasteiger partial charge in [0.2, 0.25) is 10.0 Å². The van der Waals surface area contributed by atoms with E-state index in [1.807, 2.05) is 4.90 Å². The van der Waals surface area contributed by atoms with Gasteiger partial charge in [-0.3, -0.25) is 9.69 Å². The summed E-state index contributed by atoms with van der Waals surface area (Å²) in [6.45, 7) is 1.29. The summed E-state index contributed by atoms with van der Waals surface area (Å²) in [6.07, 6.45) is 1.10. The van der Waals surface area contributed by atoms with Crippen LogP contribution in [0.5, 0.6) is 0 Å². The summed E-state index contributed by atoms with van der Waals surface area (Å²) < 4.78 is 38.3. The van der Waals surface area contributed by atoms with Crippen LogP contribution in [0.25, 0.3) is 0 Å². The highest BCUT2D eigenvalue weighted by molar-refractivity contribution is 7.88. The molecule has 0 aliphatic carbocycles. The molecule has 0 radical (unpaired) electrons. The molecule has 1 N–H and O–H groups in total. The van der Waals surface area contributed by atoms with Crippen LogP contribution in [0.4, 0.5) is 4.39 Å². The first-order chi connectivity index (χ1) is 11.1. The Labute approximate surface area is 144 Å². The van der Waals surface area contributed by atoms with E-state index in [4.69, 9.17) is 11.6 Å². The highest BCUT2D eigenvalue weighted by Gasteiger charge is 2.59. The summed E-state index contributed by atoms with van der Waals surface area (Å²) >= 11 is 5.67. The highest BCUT2D eigenvalue weighted by Crippen LogP contribution is 2.44. The second-order valence-corrected chi connectivity index (χ2v) is 9.02. The fourth-order valence-electron chi connectivity index (χ4n) is 3.69. The highest BCUT2D eigenvalue weighted by atomic mass is 35.5. The van der Waals surface area contributed by atoms with Crippen LogP contribution in [0.3, 0.4) is 0 Å². The number of aliphatic carboxylic acids is 1. The lowest BCUT2D eigenvalue weighted by atomic mass is 9.81. The van der Waals surface area contributed by atoms with Gasteiger partial charge < -0.3 is 5.11 Å². The Kier molecular flexibility index (Phi) is 4.36. The molecular weight excluding hydrogens is 359 g/mol. The van der Waals surface area contributed by atoms with Crippen molar-refractivity contribution in [1.82, 2.24) is 9.21 Å². The van der Waals surface area contributed by atoms with Gasteiger partial charge in [-0.1, -0.05) is 17.7 Å². The minimum absolute atomic E-state index is 0.0166. The van der Waals surface area contributed by atoms with Crippen LogP contribution in [0, 0.1) is 17.2 Å². The van der Waals surface area contributed by atoms with Crippen molar-refractivity contribution in [2.24, 2.45) is 11.3 Å². The number of hydrogen-bond acceptors (Lipinski definition) is 4. The summed E-state index contributed by atoms with van der Waals surface area (Å²) in [5.74, 6) is -1.77. The van der Waals surface area contributed by atoms with Gasteiger partial charge in [-0.2, -0.15) is 0 Å². The van der Waals surface area contributed by atoms with E-state index in [1.165, 1.54) is 16.4 Å². The van der Waals surface area contributed by atoms with Crippen LogP contribution in [-0.2, 0) is 21.4 Å². The standard InChI is InChI=1S/C15H18ClFN2O4S/c1-24(22,23)19-7-11-6-18(8-15(11,9-19)14(20)21)5-10-2-3-12(16)13(17)4-10/h2-4,11H,5-9H2,1H3,(H,20,21)/t11-,15-/m0/s1. The molecule has 9 heteroatoms. The Bertz CT molecular complexity index is 788. The summed E-state index contributed by atoms with van der Waals surface area (Å²) in [6, 6.07) is 4.52. The normalized spacial score (nSPS) is 28.2. The number of carboxylic acid groups (broad SMARTS) is 1. The van der Waals surface area contributed by atoms with Crippen molar-refractivity contribution in [2.75, 3.05) is 32.4 Å². The molecule has 132 valence electrons. The number of carboxylic acids is 1. The Balaban J connectivity index is 1.78. The minimum Gasteiger partial charge on any atom is -0.481 e. The van der Waals surface area contributed by atoms with Crippen LogP contribution in [0.2, 0.25) is 5.02 Å². The van der Waals surface area contributed by atoms with E-state index in [1.54, 1.807) is 6.07 Å². The third kappa shape index (κ3) is 3.03. The average molecular weight is 377 g/mol. The number of hydrogen-bond donors (Lipinski definition) is 1. The van der Waals surface area contributed by atoms with Crippen molar-refractivity contribution >= 4 is 27.6 Å². The number of likely N-dealkylation sites (tertiary alicyclic amines) is 1. The second kappa shape index (κ2) is 5.94. The van der Waals surface area contributed by atoms with Gasteiger partial charge in [0.1, 0.15) is 5.82 Å². The van der Waals surface area contributed by atoms with E-state index in [0.717, 1.165) is 6.26 Å². The molecule has 1 aromatic rings. The average Bonchev–Trinajstić information content (AvgIpc) is 2.97. The zero-order valence-corrected chi connectivity index (χ0v) is 14.6. The molecule has 0 amide bonds. The molecule has 0 bridgehead atoms. The number of halogens is 2. The second-order valence-electron chi connectivity index (χ2n) is 6.63. The van der Waals surface area contributed by atoms with Crippen LogP contribution < -0.4 is 0 Å². The SMILES string of the molecule is CS(=O)(=O)N1C[C@@H]2CN(Cc3ccc(Cl)c(F)c3)C[C@]2(C(=O)O)C1. The molecular formula is C15H18ClFN2O4S. The molecule has 3 rings (SSSR count).